The predicted octanol–water partition coefficient (Wildman–Crippen LogP) is 1.39. The molecule has 4 nitrogen and oxygen atoms in total. The van der Waals surface area contributed by atoms with Crippen LogP contribution in [0.3, 0.4) is 0 Å². The number of hydrogen-bond donors (Lipinski definition) is 0. The molecule has 1 aromatic heterocycles. The van der Waals surface area contributed by atoms with Gasteiger partial charge >= 0.3 is 0 Å². The summed E-state index contributed by atoms with van der Waals surface area (Å²) >= 11 is 0. The van der Waals surface area contributed by atoms with Crippen LogP contribution in [0, 0.1) is 0 Å². The van der Waals surface area contributed by atoms with Crippen LogP contribution in [-0.4, -0.2) is 23.2 Å². The van der Waals surface area contributed by atoms with Gasteiger partial charge in [-0.25, -0.2) is 0 Å². The van der Waals surface area contributed by atoms with E-state index >= 15 is 0 Å². The van der Waals surface area contributed by atoms with Crippen LogP contribution in [0.1, 0.15) is 10.4 Å². The zero-order valence-corrected chi connectivity index (χ0v) is 8.02. The number of aromatic nitrogens is 2. The molecule has 0 saturated heterocycles. The molecule has 0 radical (unpaired) electrons. The van der Waals surface area contributed by atoms with Gasteiger partial charge in [-0.2, -0.15) is 5.10 Å². The lowest BCUT2D eigenvalue weighted by Gasteiger charge is -2.00. The van der Waals surface area contributed by atoms with Crippen molar-refractivity contribution >= 4 is 17.2 Å². The number of carbonyl (C=O) groups excluding carboxylic acids is 1. The predicted molar refractivity (Wildman–Crippen MR) is 52.7 cm³/mol. The first-order chi connectivity index (χ1) is 6.76. The van der Waals surface area contributed by atoms with Gasteiger partial charge in [-0.3, -0.25) is 9.48 Å². The van der Waals surface area contributed by atoms with Crippen LogP contribution in [0.4, 0.5) is 0 Å². The van der Waals surface area contributed by atoms with Gasteiger partial charge in [0.2, 0.25) is 0 Å². The van der Waals surface area contributed by atoms with Crippen molar-refractivity contribution in [2.24, 2.45) is 7.05 Å². The average molecular weight is 190 g/mol. The molecule has 0 aliphatic rings. The molecule has 14 heavy (non-hydrogen) atoms. The molecule has 0 spiro atoms. The van der Waals surface area contributed by atoms with Gasteiger partial charge in [0, 0.05) is 18.8 Å². The molecule has 1 aromatic carbocycles. The van der Waals surface area contributed by atoms with E-state index in [9.17, 15) is 4.79 Å². The van der Waals surface area contributed by atoms with Gasteiger partial charge in [-0.15, -0.1) is 0 Å². The number of benzene rings is 1. The van der Waals surface area contributed by atoms with Crippen LogP contribution in [0.15, 0.2) is 18.3 Å². The Morgan fingerprint density at radius 3 is 2.93 bits per heavy atom. The molecule has 72 valence electrons. The Labute approximate surface area is 81.1 Å². The molecule has 2 aromatic rings. The molecular formula is C10H10N2O2. The normalized spacial score (nSPS) is 10.4. The van der Waals surface area contributed by atoms with Gasteiger partial charge in [0.05, 0.1) is 12.5 Å². The molecule has 0 bridgehead atoms. The van der Waals surface area contributed by atoms with Crippen LogP contribution in [0.5, 0.6) is 5.75 Å². The molecule has 0 aliphatic heterocycles. The fourth-order valence-corrected chi connectivity index (χ4v) is 1.49. The monoisotopic (exact) mass is 190 g/mol. The van der Waals surface area contributed by atoms with Gasteiger partial charge in [0.1, 0.15) is 11.3 Å². The van der Waals surface area contributed by atoms with Crippen LogP contribution in [0.25, 0.3) is 10.9 Å². The lowest BCUT2D eigenvalue weighted by Crippen LogP contribution is -1.88. The minimum Gasteiger partial charge on any atom is -0.496 e. The summed E-state index contributed by atoms with van der Waals surface area (Å²) in [4.78, 5) is 10.7. The van der Waals surface area contributed by atoms with Crippen molar-refractivity contribution < 1.29 is 9.53 Å². The SMILES string of the molecule is COc1ccc(C=O)c2nn(C)cc12. The van der Waals surface area contributed by atoms with E-state index in [1.165, 1.54) is 0 Å². The minimum absolute atomic E-state index is 0.585. The van der Waals surface area contributed by atoms with Crippen molar-refractivity contribution in [3.8, 4) is 5.75 Å². The van der Waals surface area contributed by atoms with Crippen molar-refractivity contribution in [2.45, 2.75) is 0 Å². The first-order valence-corrected chi connectivity index (χ1v) is 4.22. The topological polar surface area (TPSA) is 44.1 Å². The number of nitrogens with zero attached hydrogens (tertiary/aromatic N) is 2. The van der Waals surface area contributed by atoms with Crippen LogP contribution < -0.4 is 4.74 Å². The lowest BCUT2D eigenvalue weighted by atomic mass is 10.1. The molecule has 0 fully saturated rings. The summed E-state index contributed by atoms with van der Waals surface area (Å²) in [6.45, 7) is 0. The average Bonchev–Trinajstić information content (AvgIpc) is 2.57. The maximum Gasteiger partial charge on any atom is 0.152 e. The number of aldehydes is 1. The van der Waals surface area contributed by atoms with E-state index in [2.05, 4.69) is 5.10 Å². The van der Waals surface area contributed by atoms with E-state index in [1.807, 2.05) is 13.2 Å². The number of hydrogen-bond acceptors (Lipinski definition) is 3. The highest BCUT2D eigenvalue weighted by Gasteiger charge is 2.08. The lowest BCUT2D eigenvalue weighted by molar-refractivity contribution is 0.112. The number of rotatable bonds is 2. The Balaban J connectivity index is 2.83. The Morgan fingerprint density at radius 1 is 1.50 bits per heavy atom. The molecule has 0 saturated carbocycles. The van der Waals surface area contributed by atoms with E-state index < -0.39 is 0 Å². The summed E-state index contributed by atoms with van der Waals surface area (Å²) < 4.78 is 6.84. The second-order valence-corrected chi connectivity index (χ2v) is 3.04. The van der Waals surface area contributed by atoms with Crippen LogP contribution in [-0.2, 0) is 7.05 Å². The Morgan fingerprint density at radius 2 is 2.29 bits per heavy atom. The third-order valence-corrected chi connectivity index (χ3v) is 2.13. The zero-order valence-electron chi connectivity index (χ0n) is 8.02. The molecule has 0 unspecified atom stereocenters. The number of carbonyl (C=O) groups is 1. The summed E-state index contributed by atoms with van der Waals surface area (Å²) in [6.07, 6.45) is 2.63. The van der Waals surface area contributed by atoms with Crippen molar-refractivity contribution in [1.82, 2.24) is 9.78 Å². The van der Waals surface area contributed by atoms with E-state index in [-0.39, 0.29) is 0 Å². The van der Waals surface area contributed by atoms with Gasteiger partial charge in [0.25, 0.3) is 0 Å². The second-order valence-electron chi connectivity index (χ2n) is 3.04. The van der Waals surface area contributed by atoms with Crippen molar-refractivity contribution in [2.75, 3.05) is 7.11 Å². The van der Waals surface area contributed by atoms with Gasteiger partial charge in [0.15, 0.2) is 6.29 Å². The summed E-state index contributed by atoms with van der Waals surface area (Å²) in [5.41, 5.74) is 1.27. The van der Waals surface area contributed by atoms with Crippen molar-refractivity contribution in [3.05, 3.63) is 23.9 Å². The van der Waals surface area contributed by atoms with Gasteiger partial charge < -0.3 is 4.74 Å². The van der Waals surface area contributed by atoms with Crippen LogP contribution in [0.2, 0.25) is 0 Å². The smallest absolute Gasteiger partial charge is 0.152 e. The first kappa shape index (κ1) is 8.74. The fourth-order valence-electron chi connectivity index (χ4n) is 1.49. The quantitative estimate of drug-likeness (QED) is 0.672. The highest BCUT2D eigenvalue weighted by atomic mass is 16.5. The van der Waals surface area contributed by atoms with E-state index in [0.717, 1.165) is 17.4 Å². The van der Waals surface area contributed by atoms with E-state index in [4.69, 9.17) is 4.74 Å². The molecule has 0 atom stereocenters. The highest BCUT2D eigenvalue weighted by molar-refractivity contribution is 5.98. The summed E-state index contributed by atoms with van der Waals surface area (Å²) in [6, 6.07) is 3.48. The van der Waals surface area contributed by atoms with Crippen molar-refractivity contribution in [3.63, 3.8) is 0 Å². The summed E-state index contributed by atoms with van der Waals surface area (Å²) in [5.74, 6) is 0.735. The zero-order chi connectivity index (χ0) is 10.1. The van der Waals surface area contributed by atoms with E-state index in [1.54, 1.807) is 23.9 Å². The third-order valence-electron chi connectivity index (χ3n) is 2.13. The molecule has 0 amide bonds. The number of aryl methyl sites for hydroxylation is 1. The molecule has 2 rings (SSSR count). The Kier molecular flexibility index (Phi) is 1.96. The summed E-state index contributed by atoms with van der Waals surface area (Å²) in [5, 5.41) is 5.06. The Hall–Kier alpha value is -1.84. The van der Waals surface area contributed by atoms with E-state index in [0.29, 0.717) is 11.1 Å². The number of methoxy groups -OCH3 is 1. The number of ether oxygens (including phenoxy) is 1. The maximum absolute atomic E-state index is 10.7. The minimum atomic E-state index is 0.585. The maximum atomic E-state index is 10.7. The Bertz CT molecular complexity index is 488. The largest absolute Gasteiger partial charge is 0.496 e. The third kappa shape index (κ3) is 1.16. The first-order valence-electron chi connectivity index (χ1n) is 4.22. The molecule has 4 heteroatoms. The standard InChI is InChI=1S/C10H10N2O2/c1-12-5-8-9(14-2)4-3-7(6-13)10(8)11-12/h3-6H,1-2H3. The number of fused-ring (bicyclic) bond motifs is 1. The highest BCUT2D eigenvalue weighted by Crippen LogP contribution is 2.26. The molecule has 1 heterocycles. The van der Waals surface area contributed by atoms with Gasteiger partial charge in [-0.1, -0.05) is 0 Å². The second kappa shape index (κ2) is 3.14. The molecular weight excluding hydrogens is 180 g/mol. The summed E-state index contributed by atoms with van der Waals surface area (Å²) in [7, 11) is 3.41. The van der Waals surface area contributed by atoms with Crippen molar-refractivity contribution in [1.29, 1.82) is 0 Å². The molecule has 0 N–H and O–H groups in total. The van der Waals surface area contributed by atoms with Gasteiger partial charge in [-0.05, 0) is 12.1 Å². The molecule has 0 aliphatic carbocycles. The fraction of sp³-hybridized carbons (Fsp3) is 0.200. The van der Waals surface area contributed by atoms with Crippen LogP contribution >= 0.6 is 0 Å².